The van der Waals surface area contributed by atoms with Crippen LogP contribution in [0.2, 0.25) is 0 Å². The average Bonchev–Trinajstić information content (AvgIpc) is 2.21. The molecule has 1 nitrogen and oxygen atoms in total. The van der Waals surface area contributed by atoms with E-state index in [9.17, 15) is 13.9 Å². The van der Waals surface area contributed by atoms with E-state index in [2.05, 4.69) is 15.9 Å². The average molecular weight is 279 g/mol. The van der Waals surface area contributed by atoms with E-state index >= 15 is 0 Å². The number of unbranched alkanes of at least 4 members (excludes halogenated alkanes) is 1. The molecule has 0 aliphatic heterocycles. The van der Waals surface area contributed by atoms with Crippen LogP contribution in [0, 0.1) is 11.6 Å². The molecule has 1 aromatic carbocycles. The Balaban J connectivity index is 2.96. The lowest BCUT2D eigenvalue weighted by Gasteiger charge is -2.13. The van der Waals surface area contributed by atoms with Crippen molar-refractivity contribution in [1.29, 1.82) is 0 Å². The summed E-state index contributed by atoms with van der Waals surface area (Å²) in [4.78, 5) is 0. The van der Waals surface area contributed by atoms with Gasteiger partial charge in [-0.05, 0) is 34.5 Å². The van der Waals surface area contributed by atoms with Crippen LogP contribution in [0.15, 0.2) is 16.6 Å². The Morgan fingerprint density at radius 2 is 2.07 bits per heavy atom. The van der Waals surface area contributed by atoms with Crippen molar-refractivity contribution < 1.29 is 13.9 Å². The SMILES string of the molecule is CCCCC(O)c1c(F)ccc(Br)c1F. The molecule has 1 rings (SSSR count). The number of rotatable bonds is 4. The molecule has 84 valence electrons. The van der Waals surface area contributed by atoms with Gasteiger partial charge in [-0.1, -0.05) is 19.8 Å². The van der Waals surface area contributed by atoms with E-state index in [1.165, 1.54) is 6.07 Å². The molecule has 0 radical (unpaired) electrons. The van der Waals surface area contributed by atoms with E-state index in [4.69, 9.17) is 0 Å². The smallest absolute Gasteiger partial charge is 0.146 e. The van der Waals surface area contributed by atoms with E-state index in [1.807, 2.05) is 6.92 Å². The Hall–Kier alpha value is -0.480. The summed E-state index contributed by atoms with van der Waals surface area (Å²) in [5.41, 5.74) is -0.238. The van der Waals surface area contributed by atoms with E-state index in [-0.39, 0.29) is 10.0 Å². The molecule has 0 fully saturated rings. The van der Waals surface area contributed by atoms with Crippen molar-refractivity contribution >= 4 is 15.9 Å². The van der Waals surface area contributed by atoms with E-state index in [0.717, 1.165) is 18.9 Å². The van der Waals surface area contributed by atoms with Gasteiger partial charge in [-0.2, -0.15) is 0 Å². The van der Waals surface area contributed by atoms with Gasteiger partial charge < -0.3 is 5.11 Å². The Morgan fingerprint density at radius 3 is 2.67 bits per heavy atom. The van der Waals surface area contributed by atoms with Gasteiger partial charge in [0.05, 0.1) is 16.1 Å². The Kier molecular flexibility index (Phi) is 4.67. The zero-order chi connectivity index (χ0) is 11.4. The maximum atomic E-state index is 13.5. The molecule has 0 saturated carbocycles. The molecule has 0 aromatic heterocycles. The molecule has 1 N–H and O–H groups in total. The quantitative estimate of drug-likeness (QED) is 0.827. The van der Waals surface area contributed by atoms with Gasteiger partial charge in [-0.3, -0.25) is 0 Å². The highest BCUT2D eigenvalue weighted by molar-refractivity contribution is 9.10. The highest BCUT2D eigenvalue weighted by Gasteiger charge is 2.19. The minimum atomic E-state index is -1.07. The molecule has 15 heavy (non-hydrogen) atoms. The first-order valence-corrected chi connectivity index (χ1v) is 5.68. The van der Waals surface area contributed by atoms with Gasteiger partial charge in [-0.15, -0.1) is 0 Å². The van der Waals surface area contributed by atoms with Crippen LogP contribution in [-0.4, -0.2) is 5.11 Å². The van der Waals surface area contributed by atoms with E-state index < -0.39 is 17.7 Å². The fraction of sp³-hybridized carbons (Fsp3) is 0.455. The Morgan fingerprint density at radius 1 is 1.40 bits per heavy atom. The van der Waals surface area contributed by atoms with Crippen molar-refractivity contribution in [2.24, 2.45) is 0 Å². The maximum Gasteiger partial charge on any atom is 0.146 e. The molecule has 1 atom stereocenters. The zero-order valence-electron chi connectivity index (χ0n) is 8.43. The van der Waals surface area contributed by atoms with Crippen LogP contribution in [0.3, 0.4) is 0 Å². The minimum Gasteiger partial charge on any atom is -0.388 e. The van der Waals surface area contributed by atoms with Gasteiger partial charge in [0, 0.05) is 0 Å². The fourth-order valence-electron chi connectivity index (χ4n) is 1.39. The number of benzene rings is 1. The third-order valence-corrected chi connectivity index (χ3v) is 2.86. The molecule has 4 heteroatoms. The summed E-state index contributed by atoms with van der Waals surface area (Å²) in [5, 5.41) is 9.64. The third-order valence-electron chi connectivity index (χ3n) is 2.24. The van der Waals surface area contributed by atoms with Gasteiger partial charge >= 0.3 is 0 Å². The summed E-state index contributed by atoms with van der Waals surface area (Å²) in [6.07, 6.45) is 0.934. The van der Waals surface area contributed by atoms with Crippen molar-refractivity contribution in [2.75, 3.05) is 0 Å². The van der Waals surface area contributed by atoms with Crippen LogP contribution in [-0.2, 0) is 0 Å². The lowest BCUT2D eigenvalue weighted by Crippen LogP contribution is -2.04. The van der Waals surface area contributed by atoms with Gasteiger partial charge in [0.2, 0.25) is 0 Å². The molecule has 1 aromatic rings. The first kappa shape index (κ1) is 12.6. The summed E-state index contributed by atoms with van der Waals surface area (Å²) >= 11 is 2.96. The van der Waals surface area contributed by atoms with Crippen LogP contribution in [0.25, 0.3) is 0 Å². The molecule has 0 heterocycles. The summed E-state index contributed by atoms with van der Waals surface area (Å²) in [5.74, 6) is -1.40. The monoisotopic (exact) mass is 278 g/mol. The first-order valence-electron chi connectivity index (χ1n) is 4.89. The standard InChI is InChI=1S/C11H13BrF2O/c1-2-3-4-9(15)10-8(13)6-5-7(12)11(10)14/h5-6,9,15H,2-4H2,1H3. The summed E-state index contributed by atoms with van der Waals surface area (Å²) in [6, 6.07) is 2.44. The number of hydrogen-bond acceptors (Lipinski definition) is 1. The van der Waals surface area contributed by atoms with Crippen LogP contribution < -0.4 is 0 Å². The van der Waals surface area contributed by atoms with Crippen molar-refractivity contribution in [2.45, 2.75) is 32.3 Å². The van der Waals surface area contributed by atoms with Crippen molar-refractivity contribution in [3.63, 3.8) is 0 Å². The van der Waals surface area contributed by atoms with Gasteiger partial charge in [0.25, 0.3) is 0 Å². The Labute approximate surface area is 96.2 Å². The summed E-state index contributed by atoms with van der Waals surface area (Å²) < 4.78 is 27.0. The summed E-state index contributed by atoms with van der Waals surface area (Å²) in [6.45, 7) is 1.96. The topological polar surface area (TPSA) is 20.2 Å². The molecule has 0 aliphatic carbocycles. The molecule has 1 unspecified atom stereocenters. The predicted octanol–water partition coefficient (Wildman–Crippen LogP) is 3.95. The number of aliphatic hydroxyl groups is 1. The second-order valence-electron chi connectivity index (χ2n) is 3.41. The van der Waals surface area contributed by atoms with Crippen molar-refractivity contribution in [3.8, 4) is 0 Å². The minimum absolute atomic E-state index is 0.175. The maximum absolute atomic E-state index is 13.5. The zero-order valence-corrected chi connectivity index (χ0v) is 10.0. The second kappa shape index (κ2) is 5.56. The van der Waals surface area contributed by atoms with E-state index in [1.54, 1.807) is 0 Å². The molecule has 0 spiro atoms. The van der Waals surface area contributed by atoms with Crippen LogP contribution in [0.1, 0.15) is 37.9 Å². The Bertz CT molecular complexity index is 342. The van der Waals surface area contributed by atoms with E-state index in [0.29, 0.717) is 6.42 Å². The lowest BCUT2D eigenvalue weighted by molar-refractivity contribution is 0.154. The van der Waals surface area contributed by atoms with Crippen LogP contribution in [0.4, 0.5) is 8.78 Å². The normalized spacial score (nSPS) is 12.9. The highest BCUT2D eigenvalue weighted by atomic mass is 79.9. The summed E-state index contributed by atoms with van der Waals surface area (Å²) in [7, 11) is 0. The molecular weight excluding hydrogens is 266 g/mol. The largest absolute Gasteiger partial charge is 0.388 e. The number of halogens is 3. The lowest BCUT2D eigenvalue weighted by atomic mass is 10.0. The van der Waals surface area contributed by atoms with Gasteiger partial charge in [0.1, 0.15) is 11.6 Å². The fourth-order valence-corrected chi connectivity index (χ4v) is 1.74. The number of aliphatic hydroxyl groups excluding tert-OH is 1. The number of hydrogen-bond donors (Lipinski definition) is 1. The molecular formula is C11H13BrF2O. The highest BCUT2D eigenvalue weighted by Crippen LogP contribution is 2.29. The van der Waals surface area contributed by atoms with Crippen LogP contribution in [0.5, 0.6) is 0 Å². The molecule has 0 saturated heterocycles. The molecule has 0 aliphatic rings. The van der Waals surface area contributed by atoms with Gasteiger partial charge in [-0.25, -0.2) is 8.78 Å². The second-order valence-corrected chi connectivity index (χ2v) is 4.27. The van der Waals surface area contributed by atoms with Gasteiger partial charge in [0.15, 0.2) is 0 Å². The van der Waals surface area contributed by atoms with Crippen molar-refractivity contribution in [3.05, 3.63) is 33.8 Å². The third kappa shape index (κ3) is 2.98. The predicted molar refractivity (Wildman–Crippen MR) is 58.5 cm³/mol. The van der Waals surface area contributed by atoms with Crippen LogP contribution >= 0.6 is 15.9 Å². The molecule has 0 amide bonds. The molecule has 0 bridgehead atoms. The van der Waals surface area contributed by atoms with Crippen molar-refractivity contribution in [1.82, 2.24) is 0 Å². The first-order chi connectivity index (χ1) is 7.07.